The Morgan fingerprint density at radius 3 is 2.42 bits per heavy atom. The van der Waals surface area contributed by atoms with Crippen molar-refractivity contribution < 1.29 is 9.90 Å². The molecular formula is C9H18NO2-. The van der Waals surface area contributed by atoms with Crippen molar-refractivity contribution in [1.82, 2.24) is 5.32 Å². The summed E-state index contributed by atoms with van der Waals surface area (Å²) in [4.78, 5) is 10.4. The van der Waals surface area contributed by atoms with Gasteiger partial charge in [-0.3, -0.25) is 0 Å². The smallest absolute Gasteiger partial charge is 0.0581 e. The fourth-order valence-corrected chi connectivity index (χ4v) is 1.18. The molecule has 0 aromatic carbocycles. The van der Waals surface area contributed by atoms with Crippen molar-refractivity contribution in [1.29, 1.82) is 0 Å². The molecule has 0 heterocycles. The second kappa shape index (κ2) is 6.00. The number of hydrogen-bond donors (Lipinski definition) is 1. The summed E-state index contributed by atoms with van der Waals surface area (Å²) in [5.74, 6) is -1.02. The molecule has 72 valence electrons. The fraction of sp³-hybridized carbons (Fsp3) is 0.889. The largest absolute Gasteiger partial charge is 0.548 e. The van der Waals surface area contributed by atoms with Gasteiger partial charge in [-0.25, -0.2) is 0 Å². The number of carbonyl (C=O) groups is 1. The van der Waals surface area contributed by atoms with Gasteiger partial charge in [0.05, 0.1) is 5.97 Å². The first-order chi connectivity index (χ1) is 5.61. The zero-order valence-electron chi connectivity index (χ0n) is 8.09. The summed E-state index contributed by atoms with van der Waals surface area (Å²) >= 11 is 0. The molecule has 0 aliphatic rings. The summed E-state index contributed by atoms with van der Waals surface area (Å²) < 4.78 is 0. The van der Waals surface area contributed by atoms with Crippen LogP contribution in [-0.2, 0) is 4.79 Å². The second-order valence-corrected chi connectivity index (χ2v) is 3.10. The number of carboxylic acid groups (broad SMARTS) is 1. The van der Waals surface area contributed by atoms with E-state index in [0.29, 0.717) is 6.04 Å². The van der Waals surface area contributed by atoms with Gasteiger partial charge in [-0.15, -0.1) is 0 Å². The molecule has 0 amide bonds. The standard InChI is InChI=1S/C9H19NO2/c1-4-6-8(5-2)10-7(3)9(11)12/h7-8,10H,4-6H2,1-3H3,(H,11,12)/p-1. The molecule has 0 radical (unpaired) electrons. The van der Waals surface area contributed by atoms with Crippen LogP contribution in [0.4, 0.5) is 0 Å². The minimum atomic E-state index is -1.02. The third-order valence-corrected chi connectivity index (χ3v) is 1.97. The molecule has 0 fully saturated rings. The summed E-state index contributed by atoms with van der Waals surface area (Å²) in [7, 11) is 0. The Bertz CT molecular complexity index is 136. The van der Waals surface area contributed by atoms with Gasteiger partial charge in [0, 0.05) is 12.1 Å². The van der Waals surface area contributed by atoms with E-state index in [1.165, 1.54) is 0 Å². The molecule has 0 spiro atoms. The van der Waals surface area contributed by atoms with Gasteiger partial charge in [-0.05, 0) is 19.8 Å². The van der Waals surface area contributed by atoms with Crippen LogP contribution in [-0.4, -0.2) is 18.1 Å². The minimum absolute atomic E-state index is 0.308. The van der Waals surface area contributed by atoms with Gasteiger partial charge in [0.25, 0.3) is 0 Å². The maximum absolute atomic E-state index is 10.4. The SMILES string of the molecule is CCCC(CC)NC(C)C(=O)[O-]. The number of hydrogen-bond acceptors (Lipinski definition) is 3. The second-order valence-electron chi connectivity index (χ2n) is 3.10. The maximum Gasteiger partial charge on any atom is 0.0581 e. The Hall–Kier alpha value is -0.570. The van der Waals surface area contributed by atoms with Gasteiger partial charge in [-0.2, -0.15) is 0 Å². The fourth-order valence-electron chi connectivity index (χ4n) is 1.18. The van der Waals surface area contributed by atoms with Gasteiger partial charge in [-0.1, -0.05) is 20.3 Å². The quantitative estimate of drug-likeness (QED) is 0.626. The highest BCUT2D eigenvalue weighted by Gasteiger charge is 2.08. The topological polar surface area (TPSA) is 52.2 Å². The van der Waals surface area contributed by atoms with E-state index in [2.05, 4.69) is 19.2 Å². The van der Waals surface area contributed by atoms with E-state index >= 15 is 0 Å². The van der Waals surface area contributed by atoms with Crippen LogP contribution in [0.2, 0.25) is 0 Å². The normalized spacial score (nSPS) is 15.6. The maximum atomic E-state index is 10.4. The zero-order chi connectivity index (χ0) is 9.56. The molecule has 2 unspecified atom stereocenters. The third kappa shape index (κ3) is 4.34. The molecule has 0 aliphatic heterocycles. The van der Waals surface area contributed by atoms with Crippen molar-refractivity contribution in [2.45, 2.75) is 52.1 Å². The molecule has 0 saturated heterocycles. The molecule has 0 saturated carbocycles. The lowest BCUT2D eigenvalue weighted by Gasteiger charge is -2.22. The summed E-state index contributed by atoms with van der Waals surface area (Å²) in [6.45, 7) is 5.76. The highest BCUT2D eigenvalue weighted by atomic mass is 16.4. The van der Waals surface area contributed by atoms with E-state index in [1.807, 2.05) is 0 Å². The predicted octanol–water partition coefficient (Wildman–Crippen LogP) is 0.293. The lowest BCUT2D eigenvalue weighted by atomic mass is 10.1. The van der Waals surface area contributed by atoms with E-state index in [4.69, 9.17) is 0 Å². The van der Waals surface area contributed by atoms with Crippen molar-refractivity contribution in [3.63, 3.8) is 0 Å². The number of nitrogens with one attached hydrogen (secondary N) is 1. The highest BCUT2D eigenvalue weighted by molar-refractivity contribution is 5.70. The lowest BCUT2D eigenvalue weighted by molar-refractivity contribution is -0.308. The number of rotatable bonds is 6. The van der Waals surface area contributed by atoms with Gasteiger partial charge in [0.2, 0.25) is 0 Å². The number of carboxylic acids is 1. The molecule has 0 rings (SSSR count). The molecule has 0 bridgehead atoms. The summed E-state index contributed by atoms with van der Waals surface area (Å²) in [6.07, 6.45) is 3.06. The Balaban J connectivity index is 3.76. The number of aliphatic carboxylic acids is 1. The third-order valence-electron chi connectivity index (χ3n) is 1.97. The summed E-state index contributed by atoms with van der Waals surface area (Å²) in [5.41, 5.74) is 0. The number of carbonyl (C=O) groups excluding carboxylic acids is 1. The van der Waals surface area contributed by atoms with Gasteiger partial charge in [0.1, 0.15) is 0 Å². The van der Waals surface area contributed by atoms with Crippen molar-refractivity contribution in [3.05, 3.63) is 0 Å². The Morgan fingerprint density at radius 2 is 2.08 bits per heavy atom. The van der Waals surface area contributed by atoms with Crippen LogP contribution in [0.15, 0.2) is 0 Å². The lowest BCUT2D eigenvalue weighted by Crippen LogP contribution is -2.47. The van der Waals surface area contributed by atoms with Crippen molar-refractivity contribution in [2.75, 3.05) is 0 Å². The van der Waals surface area contributed by atoms with Gasteiger partial charge in [0.15, 0.2) is 0 Å². The van der Waals surface area contributed by atoms with E-state index in [1.54, 1.807) is 6.92 Å². The Morgan fingerprint density at radius 1 is 1.50 bits per heavy atom. The van der Waals surface area contributed by atoms with Crippen molar-refractivity contribution >= 4 is 5.97 Å². The van der Waals surface area contributed by atoms with E-state index in [0.717, 1.165) is 19.3 Å². The van der Waals surface area contributed by atoms with Crippen LogP contribution in [0.5, 0.6) is 0 Å². The monoisotopic (exact) mass is 172 g/mol. The first kappa shape index (κ1) is 11.4. The van der Waals surface area contributed by atoms with Crippen molar-refractivity contribution in [3.8, 4) is 0 Å². The molecule has 1 N–H and O–H groups in total. The Labute approximate surface area is 74.2 Å². The molecule has 2 atom stereocenters. The van der Waals surface area contributed by atoms with Crippen LogP contribution in [0.25, 0.3) is 0 Å². The average molecular weight is 172 g/mol. The summed E-state index contributed by atoms with van der Waals surface area (Å²) in [5, 5.41) is 13.4. The molecule has 12 heavy (non-hydrogen) atoms. The Kier molecular flexibility index (Phi) is 5.72. The molecule has 3 heteroatoms. The van der Waals surface area contributed by atoms with Crippen LogP contribution in [0.1, 0.15) is 40.0 Å². The van der Waals surface area contributed by atoms with E-state index in [-0.39, 0.29) is 0 Å². The molecule has 0 aromatic heterocycles. The average Bonchev–Trinajstić information content (AvgIpc) is 2.03. The molecule has 3 nitrogen and oxygen atoms in total. The summed E-state index contributed by atoms with van der Waals surface area (Å²) in [6, 6.07) is -0.232. The van der Waals surface area contributed by atoms with Gasteiger partial charge < -0.3 is 15.2 Å². The van der Waals surface area contributed by atoms with Crippen LogP contribution < -0.4 is 10.4 Å². The van der Waals surface area contributed by atoms with Gasteiger partial charge >= 0.3 is 0 Å². The molecular weight excluding hydrogens is 154 g/mol. The van der Waals surface area contributed by atoms with Crippen molar-refractivity contribution in [2.24, 2.45) is 0 Å². The van der Waals surface area contributed by atoms with Crippen LogP contribution in [0, 0.1) is 0 Å². The molecule has 0 aliphatic carbocycles. The van der Waals surface area contributed by atoms with E-state index in [9.17, 15) is 9.90 Å². The van der Waals surface area contributed by atoms with Crippen LogP contribution in [0.3, 0.4) is 0 Å². The van der Waals surface area contributed by atoms with Crippen LogP contribution >= 0.6 is 0 Å². The first-order valence-electron chi connectivity index (χ1n) is 4.58. The highest BCUT2D eigenvalue weighted by Crippen LogP contribution is 2.01. The molecule has 0 aromatic rings. The predicted molar refractivity (Wildman–Crippen MR) is 46.6 cm³/mol. The zero-order valence-corrected chi connectivity index (χ0v) is 8.09. The van der Waals surface area contributed by atoms with E-state index < -0.39 is 12.0 Å². The first-order valence-corrected chi connectivity index (χ1v) is 4.58. The minimum Gasteiger partial charge on any atom is -0.548 e.